The lowest BCUT2D eigenvalue weighted by molar-refractivity contribution is -0.157. The third kappa shape index (κ3) is 2.67. The van der Waals surface area contributed by atoms with Gasteiger partial charge >= 0.3 is 0 Å². The Kier molecular flexibility index (Phi) is 3.75. The molecule has 2 aromatic carbocycles. The van der Waals surface area contributed by atoms with Crippen LogP contribution in [0.3, 0.4) is 0 Å². The van der Waals surface area contributed by atoms with Crippen LogP contribution in [0.25, 0.3) is 10.9 Å². The molecule has 2 aliphatic heterocycles. The van der Waals surface area contributed by atoms with Crippen LogP contribution in [-0.2, 0) is 22.6 Å². The zero-order valence-corrected chi connectivity index (χ0v) is 14.9. The third-order valence-electron chi connectivity index (χ3n) is 5.34. The van der Waals surface area contributed by atoms with Crippen molar-refractivity contribution in [1.29, 1.82) is 0 Å². The molecule has 1 aromatic heterocycles. The molecule has 0 radical (unpaired) electrons. The first-order chi connectivity index (χ1) is 13.6. The van der Waals surface area contributed by atoms with Crippen LogP contribution in [0.1, 0.15) is 16.8 Å². The van der Waals surface area contributed by atoms with Crippen molar-refractivity contribution in [1.82, 2.24) is 14.9 Å². The minimum absolute atomic E-state index is 0.114. The van der Waals surface area contributed by atoms with Gasteiger partial charge in [-0.25, -0.2) is 9.40 Å². The molecule has 0 aliphatic carbocycles. The highest BCUT2D eigenvalue weighted by Crippen LogP contribution is 2.32. The summed E-state index contributed by atoms with van der Waals surface area (Å²) in [5.41, 5.74) is 3.60. The summed E-state index contributed by atoms with van der Waals surface area (Å²) in [6.45, 7) is 0.275. The Hall–Kier alpha value is -3.48. The second-order valence-corrected chi connectivity index (χ2v) is 7.06. The van der Waals surface area contributed by atoms with E-state index in [1.165, 1.54) is 23.4 Å². The number of amides is 2. The summed E-state index contributed by atoms with van der Waals surface area (Å²) in [6, 6.07) is 13.3. The topological polar surface area (TPSA) is 68.8 Å². The minimum Gasteiger partial charge on any atom is -0.357 e. The predicted molar refractivity (Wildman–Crippen MR) is 102 cm³/mol. The van der Waals surface area contributed by atoms with Gasteiger partial charge in [0.2, 0.25) is 5.91 Å². The highest BCUT2D eigenvalue weighted by Gasteiger charge is 2.43. The van der Waals surface area contributed by atoms with Crippen LogP contribution in [0.2, 0.25) is 0 Å². The Labute approximate surface area is 160 Å². The Balaban J connectivity index is 1.45. The van der Waals surface area contributed by atoms with E-state index in [0.29, 0.717) is 18.5 Å². The first-order valence-corrected chi connectivity index (χ1v) is 9.09. The van der Waals surface area contributed by atoms with E-state index in [2.05, 4.69) is 10.1 Å². The number of halogens is 1. The number of H-pyrrole nitrogens is 1. The smallest absolute Gasteiger partial charge is 0.266 e. The summed E-state index contributed by atoms with van der Waals surface area (Å²) < 4.78 is 13.3. The fraction of sp³-hybridized carbons (Fsp3) is 0.190. The van der Waals surface area contributed by atoms with E-state index in [-0.39, 0.29) is 24.2 Å². The van der Waals surface area contributed by atoms with Gasteiger partial charge in [-0.15, -0.1) is 0 Å². The zero-order valence-electron chi connectivity index (χ0n) is 14.9. The minimum atomic E-state index is -0.572. The van der Waals surface area contributed by atoms with Gasteiger partial charge in [0.15, 0.2) is 0 Å². The number of nitrogens with one attached hydrogen (secondary N) is 1. The molecular formula is C21H17FN4O2. The average molecular weight is 376 g/mol. The Morgan fingerprint density at radius 2 is 1.96 bits per heavy atom. The second kappa shape index (κ2) is 6.30. The van der Waals surface area contributed by atoms with Crippen LogP contribution < -0.4 is 0 Å². The Bertz CT molecular complexity index is 1140. The molecule has 2 amide bonds. The van der Waals surface area contributed by atoms with Crippen LogP contribution in [0, 0.1) is 5.82 Å². The summed E-state index contributed by atoms with van der Waals surface area (Å²) in [6.07, 6.45) is 1.86. The molecular weight excluding hydrogens is 359 g/mol. The maximum Gasteiger partial charge on any atom is 0.266 e. The van der Waals surface area contributed by atoms with E-state index < -0.39 is 6.04 Å². The molecule has 3 aromatic rings. The summed E-state index contributed by atoms with van der Waals surface area (Å²) in [5.74, 6) is -0.746. The molecule has 1 N–H and O–H groups in total. The Morgan fingerprint density at radius 3 is 2.82 bits per heavy atom. The first-order valence-electron chi connectivity index (χ1n) is 9.09. The lowest BCUT2D eigenvalue weighted by Crippen LogP contribution is -2.60. The number of rotatable bonds is 2. The van der Waals surface area contributed by atoms with E-state index in [0.717, 1.165) is 22.2 Å². The molecule has 7 heteroatoms. The molecule has 2 aliphatic rings. The highest BCUT2D eigenvalue weighted by atomic mass is 19.1. The van der Waals surface area contributed by atoms with E-state index in [9.17, 15) is 14.0 Å². The zero-order chi connectivity index (χ0) is 19.3. The monoisotopic (exact) mass is 376 g/mol. The fourth-order valence-electron chi connectivity index (χ4n) is 3.98. The number of para-hydroxylation sites is 1. The van der Waals surface area contributed by atoms with Gasteiger partial charge < -0.3 is 9.88 Å². The lowest BCUT2D eigenvalue weighted by atomic mass is 9.94. The van der Waals surface area contributed by atoms with Crippen LogP contribution >= 0.6 is 0 Å². The van der Waals surface area contributed by atoms with Gasteiger partial charge in [-0.3, -0.25) is 9.59 Å². The van der Waals surface area contributed by atoms with Crippen molar-refractivity contribution in [2.75, 3.05) is 6.54 Å². The molecule has 28 heavy (non-hydrogen) atoms. The largest absolute Gasteiger partial charge is 0.357 e. The number of carbonyl (C=O) groups excluding carboxylic acids is 2. The molecule has 1 saturated heterocycles. The SMILES string of the molecule is O=C1[C@@H]2Cc3c([nH]c4ccccc34)CN2C(=O)CN1N=Cc1cccc(F)c1. The molecule has 3 heterocycles. The van der Waals surface area contributed by atoms with Gasteiger partial charge in [-0.2, -0.15) is 5.10 Å². The van der Waals surface area contributed by atoms with Crippen molar-refractivity contribution in [3.63, 3.8) is 0 Å². The summed E-state index contributed by atoms with van der Waals surface area (Å²) in [7, 11) is 0. The number of carbonyl (C=O) groups is 2. The van der Waals surface area contributed by atoms with E-state index in [4.69, 9.17) is 0 Å². The number of aromatic nitrogens is 1. The normalized spacial score (nSPS) is 19.4. The number of hydrogen-bond acceptors (Lipinski definition) is 3. The van der Waals surface area contributed by atoms with Crippen LogP contribution in [0.4, 0.5) is 4.39 Å². The predicted octanol–water partition coefficient (Wildman–Crippen LogP) is 2.44. The second-order valence-electron chi connectivity index (χ2n) is 7.06. The molecule has 140 valence electrons. The van der Waals surface area contributed by atoms with Crippen molar-refractivity contribution >= 4 is 28.9 Å². The maximum absolute atomic E-state index is 13.3. The number of piperazine rings is 1. The van der Waals surface area contributed by atoms with Crippen LogP contribution in [0.5, 0.6) is 0 Å². The molecule has 1 atom stereocenters. The number of aromatic amines is 1. The summed E-state index contributed by atoms with van der Waals surface area (Å²) in [5, 5.41) is 6.43. The maximum atomic E-state index is 13.3. The van der Waals surface area contributed by atoms with Gasteiger partial charge in [0.05, 0.1) is 12.8 Å². The third-order valence-corrected chi connectivity index (χ3v) is 5.34. The van der Waals surface area contributed by atoms with Crippen LogP contribution in [-0.4, -0.2) is 45.5 Å². The molecule has 6 nitrogen and oxygen atoms in total. The van der Waals surface area contributed by atoms with Gasteiger partial charge in [-0.05, 0) is 29.3 Å². The molecule has 0 bridgehead atoms. The molecule has 1 fully saturated rings. The highest BCUT2D eigenvalue weighted by molar-refractivity contribution is 5.97. The number of hydrazone groups is 1. The van der Waals surface area contributed by atoms with Gasteiger partial charge in [0.1, 0.15) is 18.4 Å². The lowest BCUT2D eigenvalue weighted by Gasteiger charge is -2.40. The molecule has 0 spiro atoms. The van der Waals surface area contributed by atoms with Crippen molar-refractivity contribution in [2.45, 2.75) is 19.0 Å². The average Bonchev–Trinajstić information content (AvgIpc) is 3.06. The molecule has 5 rings (SSSR count). The van der Waals surface area contributed by atoms with Crippen molar-refractivity contribution in [2.24, 2.45) is 5.10 Å². The summed E-state index contributed by atoms with van der Waals surface area (Å²) in [4.78, 5) is 30.6. The van der Waals surface area contributed by atoms with Crippen molar-refractivity contribution in [3.05, 3.63) is 71.2 Å². The first kappa shape index (κ1) is 16.7. The van der Waals surface area contributed by atoms with Crippen LogP contribution in [0.15, 0.2) is 53.6 Å². The number of hydrogen-bond donors (Lipinski definition) is 1. The van der Waals surface area contributed by atoms with E-state index in [1.807, 2.05) is 24.3 Å². The van der Waals surface area contributed by atoms with Gasteiger partial charge in [0, 0.05) is 23.0 Å². The Morgan fingerprint density at radius 1 is 1.11 bits per heavy atom. The number of fused-ring (bicyclic) bond motifs is 4. The van der Waals surface area contributed by atoms with E-state index in [1.54, 1.807) is 17.0 Å². The van der Waals surface area contributed by atoms with Crippen molar-refractivity contribution < 1.29 is 14.0 Å². The quantitative estimate of drug-likeness (QED) is 0.698. The fourth-order valence-corrected chi connectivity index (χ4v) is 3.98. The molecule has 0 saturated carbocycles. The molecule has 0 unspecified atom stereocenters. The number of nitrogens with zero attached hydrogens (tertiary/aromatic N) is 3. The standard InChI is InChI=1S/C21H17FN4O2/c22-14-5-3-4-13(8-14)10-23-26-12-20(27)25-11-18-16(9-19(25)21(26)28)15-6-1-2-7-17(15)24-18/h1-8,10,19,24H,9,11-12H2/t19-/m0/s1. The van der Waals surface area contributed by atoms with Crippen molar-refractivity contribution in [3.8, 4) is 0 Å². The van der Waals surface area contributed by atoms with E-state index >= 15 is 0 Å². The van der Waals surface area contributed by atoms with Gasteiger partial charge in [-0.1, -0.05) is 30.3 Å². The van der Waals surface area contributed by atoms with Gasteiger partial charge in [0.25, 0.3) is 5.91 Å². The number of benzene rings is 2. The summed E-state index contributed by atoms with van der Waals surface area (Å²) >= 11 is 0.